The number of ether oxygens (including phenoxy) is 1. The molecular formula is C11H11NO2S. The van der Waals surface area contributed by atoms with Gasteiger partial charge in [0.1, 0.15) is 5.75 Å². The van der Waals surface area contributed by atoms with E-state index in [4.69, 9.17) is 4.74 Å². The molecule has 78 valence electrons. The lowest BCUT2D eigenvalue weighted by Crippen LogP contribution is -2.22. The number of fused-ring (bicyclic) bond motifs is 1. The molecule has 2 aromatic rings. The predicted molar refractivity (Wildman–Crippen MR) is 61.6 cm³/mol. The van der Waals surface area contributed by atoms with Gasteiger partial charge in [0.05, 0.1) is 0 Å². The fourth-order valence-corrected chi connectivity index (χ4v) is 2.30. The van der Waals surface area contributed by atoms with Crippen molar-refractivity contribution in [1.29, 1.82) is 0 Å². The number of carbonyl (C=O) groups is 1. The van der Waals surface area contributed by atoms with Crippen LogP contribution in [0.4, 0.5) is 4.79 Å². The third-order valence-electron chi connectivity index (χ3n) is 2.18. The first-order valence-electron chi connectivity index (χ1n) is 4.58. The molecule has 0 bridgehead atoms. The van der Waals surface area contributed by atoms with Gasteiger partial charge in [0.2, 0.25) is 0 Å². The first-order chi connectivity index (χ1) is 7.22. The van der Waals surface area contributed by atoms with Gasteiger partial charge in [0, 0.05) is 17.1 Å². The monoisotopic (exact) mass is 221 g/mol. The Hall–Kier alpha value is -1.55. The van der Waals surface area contributed by atoms with E-state index in [2.05, 4.69) is 5.32 Å². The van der Waals surface area contributed by atoms with Gasteiger partial charge >= 0.3 is 6.09 Å². The number of hydrogen-bond donors (Lipinski definition) is 1. The summed E-state index contributed by atoms with van der Waals surface area (Å²) in [5.41, 5.74) is 1.20. The number of benzene rings is 1. The number of nitrogens with one attached hydrogen (secondary N) is 1. The van der Waals surface area contributed by atoms with Gasteiger partial charge in [-0.05, 0) is 30.0 Å². The third-order valence-corrected chi connectivity index (χ3v) is 3.23. The van der Waals surface area contributed by atoms with E-state index in [1.54, 1.807) is 18.4 Å². The highest BCUT2D eigenvalue weighted by atomic mass is 32.1. The van der Waals surface area contributed by atoms with Crippen LogP contribution in [0.1, 0.15) is 5.56 Å². The van der Waals surface area contributed by atoms with Crippen LogP contribution < -0.4 is 10.1 Å². The van der Waals surface area contributed by atoms with Crippen molar-refractivity contribution in [3.8, 4) is 5.75 Å². The second kappa shape index (κ2) is 3.90. The van der Waals surface area contributed by atoms with E-state index in [0.717, 1.165) is 10.1 Å². The summed E-state index contributed by atoms with van der Waals surface area (Å²) in [6.45, 7) is 2.04. The van der Waals surface area contributed by atoms with Crippen LogP contribution >= 0.6 is 11.3 Å². The van der Waals surface area contributed by atoms with Gasteiger partial charge in [-0.3, -0.25) is 0 Å². The van der Waals surface area contributed by atoms with Crippen molar-refractivity contribution in [3.05, 3.63) is 29.1 Å². The maximum atomic E-state index is 11.1. The first-order valence-corrected chi connectivity index (χ1v) is 5.46. The molecule has 0 aliphatic carbocycles. The number of hydrogen-bond acceptors (Lipinski definition) is 3. The van der Waals surface area contributed by atoms with E-state index in [0.29, 0.717) is 5.75 Å². The van der Waals surface area contributed by atoms with Crippen molar-refractivity contribution < 1.29 is 9.53 Å². The second-order valence-corrected chi connectivity index (χ2v) is 4.10. The topological polar surface area (TPSA) is 38.3 Å². The Morgan fingerprint density at radius 2 is 2.20 bits per heavy atom. The molecule has 4 heteroatoms. The quantitative estimate of drug-likeness (QED) is 0.804. The van der Waals surface area contributed by atoms with Crippen molar-refractivity contribution in [2.75, 3.05) is 7.05 Å². The number of rotatable bonds is 1. The molecule has 15 heavy (non-hydrogen) atoms. The van der Waals surface area contributed by atoms with Crippen LogP contribution in [0.25, 0.3) is 10.1 Å². The molecule has 1 amide bonds. The number of aryl methyl sites for hydroxylation is 1. The highest BCUT2D eigenvalue weighted by Gasteiger charge is 2.08. The predicted octanol–water partition coefficient (Wildman–Crippen LogP) is 2.93. The SMILES string of the molecule is CNC(=O)Oc1ccc(C)c2sccc12. The van der Waals surface area contributed by atoms with Crippen molar-refractivity contribution >= 4 is 27.5 Å². The van der Waals surface area contributed by atoms with Crippen molar-refractivity contribution in [1.82, 2.24) is 5.32 Å². The Kier molecular flexibility index (Phi) is 2.60. The summed E-state index contributed by atoms with van der Waals surface area (Å²) >= 11 is 1.65. The molecular weight excluding hydrogens is 210 g/mol. The van der Waals surface area contributed by atoms with Crippen LogP contribution in [-0.2, 0) is 0 Å². The number of amides is 1. The molecule has 1 aromatic carbocycles. The van der Waals surface area contributed by atoms with Crippen LogP contribution in [0.15, 0.2) is 23.6 Å². The summed E-state index contributed by atoms with van der Waals surface area (Å²) in [6.07, 6.45) is -0.439. The van der Waals surface area contributed by atoms with Gasteiger partial charge in [-0.1, -0.05) is 6.07 Å². The molecule has 0 spiro atoms. The average Bonchev–Trinajstić information content (AvgIpc) is 2.71. The first kappa shape index (κ1) is 9.98. The Labute approximate surface area is 91.7 Å². The van der Waals surface area contributed by atoms with Crippen LogP contribution in [0.2, 0.25) is 0 Å². The highest BCUT2D eigenvalue weighted by Crippen LogP contribution is 2.32. The van der Waals surface area contributed by atoms with E-state index < -0.39 is 6.09 Å². The number of carbonyl (C=O) groups excluding carboxylic acids is 1. The smallest absolute Gasteiger partial charge is 0.410 e. The van der Waals surface area contributed by atoms with Crippen molar-refractivity contribution in [2.45, 2.75) is 6.92 Å². The van der Waals surface area contributed by atoms with Crippen molar-refractivity contribution in [3.63, 3.8) is 0 Å². The molecule has 2 rings (SSSR count). The standard InChI is InChI=1S/C11H11NO2S/c1-7-3-4-9(14-11(13)12-2)8-5-6-15-10(7)8/h3-6H,1-2H3,(H,12,13). The van der Waals surface area contributed by atoms with Crippen molar-refractivity contribution in [2.24, 2.45) is 0 Å². The van der Waals surface area contributed by atoms with Crippen LogP contribution in [0, 0.1) is 6.92 Å². The Morgan fingerprint density at radius 1 is 1.40 bits per heavy atom. The maximum absolute atomic E-state index is 11.1. The maximum Gasteiger partial charge on any atom is 0.412 e. The molecule has 1 aromatic heterocycles. The van der Waals surface area contributed by atoms with E-state index in [9.17, 15) is 4.79 Å². The normalized spacial score (nSPS) is 10.3. The van der Waals surface area contributed by atoms with E-state index in [-0.39, 0.29) is 0 Å². The summed E-state index contributed by atoms with van der Waals surface area (Å²) in [7, 11) is 1.54. The van der Waals surface area contributed by atoms with Crippen LogP contribution in [0.5, 0.6) is 5.75 Å². The summed E-state index contributed by atoms with van der Waals surface area (Å²) < 4.78 is 6.31. The van der Waals surface area contributed by atoms with Gasteiger partial charge in [0.15, 0.2) is 0 Å². The molecule has 0 radical (unpaired) electrons. The molecule has 0 unspecified atom stereocenters. The zero-order valence-corrected chi connectivity index (χ0v) is 9.35. The second-order valence-electron chi connectivity index (χ2n) is 3.18. The van der Waals surface area contributed by atoms with Gasteiger partial charge in [0.25, 0.3) is 0 Å². The Morgan fingerprint density at radius 3 is 2.93 bits per heavy atom. The summed E-state index contributed by atoms with van der Waals surface area (Å²) in [5.74, 6) is 0.608. The average molecular weight is 221 g/mol. The Bertz CT molecular complexity index is 504. The minimum atomic E-state index is -0.439. The molecule has 0 aliphatic heterocycles. The van der Waals surface area contributed by atoms with E-state index >= 15 is 0 Å². The lowest BCUT2D eigenvalue weighted by molar-refractivity contribution is 0.203. The fraction of sp³-hybridized carbons (Fsp3) is 0.182. The summed E-state index contributed by atoms with van der Waals surface area (Å²) in [4.78, 5) is 11.1. The van der Waals surface area contributed by atoms with E-state index in [1.807, 2.05) is 30.5 Å². The number of thiophene rings is 1. The van der Waals surface area contributed by atoms with Crippen LogP contribution in [0.3, 0.4) is 0 Å². The zero-order valence-electron chi connectivity index (χ0n) is 8.53. The summed E-state index contributed by atoms with van der Waals surface area (Å²) in [5, 5.41) is 5.41. The molecule has 1 N–H and O–H groups in total. The minimum Gasteiger partial charge on any atom is -0.410 e. The molecule has 0 aliphatic rings. The van der Waals surface area contributed by atoms with Gasteiger partial charge < -0.3 is 10.1 Å². The van der Waals surface area contributed by atoms with Gasteiger partial charge in [-0.2, -0.15) is 0 Å². The van der Waals surface area contributed by atoms with Gasteiger partial charge in [-0.25, -0.2) is 4.79 Å². The molecule has 1 heterocycles. The minimum absolute atomic E-state index is 0.439. The lowest BCUT2D eigenvalue weighted by atomic mass is 10.2. The zero-order chi connectivity index (χ0) is 10.8. The molecule has 0 saturated heterocycles. The molecule has 0 atom stereocenters. The lowest BCUT2D eigenvalue weighted by Gasteiger charge is -2.05. The van der Waals surface area contributed by atoms with E-state index in [1.165, 1.54) is 5.56 Å². The highest BCUT2D eigenvalue weighted by molar-refractivity contribution is 7.17. The fourth-order valence-electron chi connectivity index (χ4n) is 1.41. The largest absolute Gasteiger partial charge is 0.412 e. The molecule has 0 saturated carbocycles. The summed E-state index contributed by atoms with van der Waals surface area (Å²) in [6, 6.07) is 5.74. The van der Waals surface area contributed by atoms with Gasteiger partial charge in [-0.15, -0.1) is 11.3 Å². The van der Waals surface area contributed by atoms with Crippen LogP contribution in [-0.4, -0.2) is 13.1 Å². The molecule has 3 nitrogen and oxygen atoms in total. The third kappa shape index (κ3) is 1.80. The Balaban J connectivity index is 2.48. The molecule has 0 fully saturated rings.